The van der Waals surface area contributed by atoms with E-state index in [0.717, 1.165) is 21.4 Å². The Bertz CT molecular complexity index is 1460. The van der Waals surface area contributed by atoms with Crippen LogP contribution in [0.15, 0.2) is 51.4 Å². The zero-order chi connectivity index (χ0) is 23.0. The van der Waals surface area contributed by atoms with E-state index in [2.05, 4.69) is 36.3 Å². The number of amides is 1. The molecule has 0 saturated heterocycles. The van der Waals surface area contributed by atoms with Gasteiger partial charge in [0.2, 0.25) is 5.91 Å². The summed E-state index contributed by atoms with van der Waals surface area (Å²) in [6.45, 7) is 7.93. The largest absolute Gasteiger partial charge is 0.331 e. The van der Waals surface area contributed by atoms with E-state index in [4.69, 9.17) is 0 Å². The first-order valence-corrected chi connectivity index (χ1v) is 11.2. The number of nitrogens with zero attached hydrogens (tertiary/aromatic N) is 3. The van der Waals surface area contributed by atoms with E-state index >= 15 is 0 Å². The van der Waals surface area contributed by atoms with E-state index in [9.17, 15) is 14.4 Å². The monoisotopic (exact) mass is 448 g/mol. The van der Waals surface area contributed by atoms with Gasteiger partial charge in [0.1, 0.15) is 6.54 Å². The Morgan fingerprint density at radius 3 is 2.50 bits per heavy atom. The number of benzene rings is 2. The molecule has 0 aliphatic heterocycles. The van der Waals surface area contributed by atoms with Gasteiger partial charge in [0.25, 0.3) is 5.56 Å². The lowest BCUT2D eigenvalue weighted by atomic mass is 9.99. The topological polar surface area (TPSA) is 86.0 Å². The molecule has 8 heteroatoms. The van der Waals surface area contributed by atoms with Crippen molar-refractivity contribution in [2.75, 3.05) is 5.32 Å². The smallest absolute Gasteiger partial charge is 0.300 e. The second kappa shape index (κ2) is 8.55. The molecule has 0 radical (unpaired) electrons. The van der Waals surface area contributed by atoms with Gasteiger partial charge in [0.05, 0.1) is 16.6 Å². The van der Waals surface area contributed by atoms with Gasteiger partial charge in [-0.05, 0) is 62.6 Å². The van der Waals surface area contributed by atoms with Crippen LogP contribution in [0.3, 0.4) is 0 Å². The Balaban J connectivity index is 1.62. The minimum Gasteiger partial charge on any atom is -0.300 e. The number of aryl methyl sites for hydroxylation is 3. The average molecular weight is 449 g/mol. The number of aromatic nitrogens is 3. The summed E-state index contributed by atoms with van der Waals surface area (Å²) < 4.78 is 2.47. The van der Waals surface area contributed by atoms with Gasteiger partial charge in [-0.25, -0.2) is 9.78 Å². The highest BCUT2D eigenvalue weighted by atomic mass is 32.1. The van der Waals surface area contributed by atoms with Crippen LogP contribution in [0.1, 0.15) is 23.6 Å². The van der Waals surface area contributed by atoms with Crippen molar-refractivity contribution < 1.29 is 4.79 Å². The highest BCUT2D eigenvalue weighted by molar-refractivity contribution is 7.14. The normalized spacial score (nSPS) is 11.1. The first-order valence-electron chi connectivity index (χ1n) is 10.4. The molecule has 0 spiro atoms. The predicted octanol–water partition coefficient (Wildman–Crippen LogP) is 3.87. The maximum absolute atomic E-state index is 12.8. The Kier molecular flexibility index (Phi) is 5.80. The van der Waals surface area contributed by atoms with Crippen molar-refractivity contribution in [3.63, 3.8) is 0 Å². The van der Waals surface area contributed by atoms with Crippen molar-refractivity contribution in [1.29, 1.82) is 0 Å². The lowest BCUT2D eigenvalue weighted by Crippen LogP contribution is -2.41. The molecule has 1 N–H and O–H groups in total. The first kappa shape index (κ1) is 21.7. The van der Waals surface area contributed by atoms with Crippen molar-refractivity contribution in [1.82, 2.24) is 14.1 Å². The fourth-order valence-electron chi connectivity index (χ4n) is 3.80. The highest BCUT2D eigenvalue weighted by Crippen LogP contribution is 2.29. The van der Waals surface area contributed by atoms with Crippen molar-refractivity contribution >= 4 is 33.3 Å². The van der Waals surface area contributed by atoms with Crippen molar-refractivity contribution in [2.45, 2.75) is 40.8 Å². The first-order chi connectivity index (χ1) is 15.3. The van der Waals surface area contributed by atoms with Gasteiger partial charge < -0.3 is 5.32 Å². The molecule has 164 valence electrons. The van der Waals surface area contributed by atoms with Crippen LogP contribution in [-0.4, -0.2) is 20.0 Å². The third kappa shape index (κ3) is 3.89. The number of anilines is 1. The van der Waals surface area contributed by atoms with Crippen molar-refractivity contribution in [3.8, 4) is 11.3 Å². The number of hydrogen-bond donors (Lipinski definition) is 1. The maximum atomic E-state index is 12.8. The standard InChI is InChI=1S/C24H24N4O3S/c1-5-27-22(30)17-8-6-7-9-20(17)28(24(27)31)12-21(29)26-23-25-19(13-32-23)18-11-15(3)14(2)10-16(18)4/h6-11,13H,5,12H2,1-4H3,(H,25,26,29). The molecule has 7 nitrogen and oxygen atoms in total. The number of hydrogen-bond acceptors (Lipinski definition) is 5. The van der Waals surface area contributed by atoms with Crippen LogP contribution < -0.4 is 16.6 Å². The SMILES string of the molecule is CCn1c(=O)c2ccccc2n(CC(=O)Nc2nc(-c3cc(C)c(C)cc3C)cs2)c1=O. The Labute approximate surface area is 189 Å². The number of carbonyl (C=O) groups excluding carboxylic acids is 1. The molecule has 4 aromatic rings. The summed E-state index contributed by atoms with van der Waals surface area (Å²) in [5.41, 5.74) is 4.94. The summed E-state index contributed by atoms with van der Waals surface area (Å²) in [5.74, 6) is -0.378. The number of fused-ring (bicyclic) bond motifs is 1. The molecular weight excluding hydrogens is 424 g/mol. The van der Waals surface area contributed by atoms with E-state index in [1.165, 1.54) is 27.0 Å². The zero-order valence-corrected chi connectivity index (χ0v) is 19.2. The van der Waals surface area contributed by atoms with Gasteiger partial charge in [0, 0.05) is 17.5 Å². The van der Waals surface area contributed by atoms with Crippen LogP contribution in [0.25, 0.3) is 22.2 Å². The van der Waals surface area contributed by atoms with Gasteiger partial charge >= 0.3 is 5.69 Å². The molecular formula is C24H24N4O3S. The third-order valence-corrected chi connectivity index (χ3v) is 6.38. The molecule has 2 aromatic carbocycles. The van der Waals surface area contributed by atoms with Crippen molar-refractivity contribution in [3.05, 3.63) is 79.3 Å². The van der Waals surface area contributed by atoms with Crippen LogP contribution >= 0.6 is 11.3 Å². The van der Waals surface area contributed by atoms with Gasteiger partial charge in [-0.2, -0.15) is 0 Å². The third-order valence-electron chi connectivity index (χ3n) is 5.62. The van der Waals surface area contributed by atoms with Crippen LogP contribution in [0.2, 0.25) is 0 Å². The summed E-state index contributed by atoms with van der Waals surface area (Å²) in [6.07, 6.45) is 0. The van der Waals surface area contributed by atoms with Crippen LogP contribution in [0, 0.1) is 20.8 Å². The summed E-state index contributed by atoms with van der Waals surface area (Å²) in [6, 6.07) is 11.1. The molecule has 0 bridgehead atoms. The van der Waals surface area contributed by atoms with E-state index < -0.39 is 5.69 Å². The molecule has 0 atom stereocenters. The molecule has 0 aliphatic rings. The lowest BCUT2D eigenvalue weighted by molar-refractivity contribution is -0.116. The van der Waals surface area contributed by atoms with E-state index in [1.54, 1.807) is 31.2 Å². The minimum atomic E-state index is -0.503. The summed E-state index contributed by atoms with van der Waals surface area (Å²) >= 11 is 1.33. The lowest BCUT2D eigenvalue weighted by Gasteiger charge is -2.12. The van der Waals surface area contributed by atoms with Crippen molar-refractivity contribution in [2.24, 2.45) is 0 Å². The number of rotatable bonds is 5. The van der Waals surface area contributed by atoms with Crippen LogP contribution in [0.5, 0.6) is 0 Å². The number of carbonyl (C=O) groups is 1. The van der Waals surface area contributed by atoms with Crippen LogP contribution in [-0.2, 0) is 17.9 Å². The molecule has 0 aliphatic carbocycles. The maximum Gasteiger partial charge on any atom is 0.331 e. The van der Waals surface area contributed by atoms with E-state index in [1.807, 2.05) is 12.3 Å². The fourth-order valence-corrected chi connectivity index (χ4v) is 4.52. The highest BCUT2D eigenvalue weighted by Gasteiger charge is 2.16. The molecule has 0 saturated carbocycles. The molecule has 1 amide bonds. The molecule has 0 unspecified atom stereocenters. The number of thiazole rings is 1. The Morgan fingerprint density at radius 2 is 1.75 bits per heavy atom. The number of nitrogens with one attached hydrogen (secondary N) is 1. The summed E-state index contributed by atoms with van der Waals surface area (Å²) in [5, 5.41) is 5.57. The van der Waals surface area contributed by atoms with E-state index in [-0.39, 0.29) is 24.6 Å². The Morgan fingerprint density at radius 1 is 1.03 bits per heavy atom. The number of para-hydroxylation sites is 1. The van der Waals surface area contributed by atoms with Gasteiger partial charge in [-0.1, -0.05) is 18.2 Å². The minimum absolute atomic E-state index is 0.211. The average Bonchev–Trinajstić information content (AvgIpc) is 3.22. The molecule has 4 rings (SSSR count). The molecule has 2 aromatic heterocycles. The molecule has 2 heterocycles. The van der Waals surface area contributed by atoms with E-state index in [0.29, 0.717) is 16.0 Å². The van der Waals surface area contributed by atoms with Gasteiger partial charge in [0.15, 0.2) is 5.13 Å². The zero-order valence-electron chi connectivity index (χ0n) is 18.4. The van der Waals surface area contributed by atoms with Gasteiger partial charge in [-0.3, -0.25) is 18.7 Å². The second-order valence-corrected chi connectivity index (χ2v) is 8.63. The second-order valence-electron chi connectivity index (χ2n) is 7.77. The summed E-state index contributed by atoms with van der Waals surface area (Å²) in [7, 11) is 0. The molecule has 0 fully saturated rings. The summed E-state index contributed by atoms with van der Waals surface area (Å²) in [4.78, 5) is 42.8. The fraction of sp³-hybridized carbons (Fsp3) is 0.250. The predicted molar refractivity (Wildman–Crippen MR) is 129 cm³/mol. The van der Waals surface area contributed by atoms with Crippen LogP contribution in [0.4, 0.5) is 5.13 Å². The Hall–Kier alpha value is -3.52. The molecule has 32 heavy (non-hydrogen) atoms. The van der Waals surface area contributed by atoms with Gasteiger partial charge in [-0.15, -0.1) is 11.3 Å². The quantitative estimate of drug-likeness (QED) is 0.502.